The average molecular weight is 240 g/mol. The van der Waals surface area contributed by atoms with Gasteiger partial charge in [-0.05, 0) is 56.1 Å². The van der Waals surface area contributed by atoms with Gasteiger partial charge < -0.3 is 5.32 Å². The molecule has 0 saturated heterocycles. The van der Waals surface area contributed by atoms with E-state index in [-0.39, 0.29) is 0 Å². The summed E-state index contributed by atoms with van der Waals surface area (Å²) in [5, 5.41) is 3.48. The van der Waals surface area contributed by atoms with Crippen molar-refractivity contribution in [1.29, 1.82) is 0 Å². The van der Waals surface area contributed by atoms with Crippen LogP contribution in [0.3, 0.4) is 0 Å². The van der Waals surface area contributed by atoms with E-state index in [1.54, 1.807) is 0 Å². The van der Waals surface area contributed by atoms with Gasteiger partial charge in [-0.2, -0.15) is 0 Å². The lowest BCUT2D eigenvalue weighted by Crippen LogP contribution is -2.20. The van der Waals surface area contributed by atoms with Crippen molar-refractivity contribution < 1.29 is 0 Å². The van der Waals surface area contributed by atoms with E-state index in [1.165, 1.54) is 16.7 Å². The Morgan fingerprint density at radius 2 is 1.67 bits per heavy atom. The highest BCUT2D eigenvalue weighted by Crippen LogP contribution is 2.04. The second kappa shape index (κ2) is 6.92. The van der Waals surface area contributed by atoms with Gasteiger partial charge in [-0.1, -0.05) is 29.8 Å². The van der Waals surface area contributed by atoms with E-state index < -0.39 is 0 Å². The molecule has 1 heterocycles. The normalized spacial score (nSPS) is 10.5. The van der Waals surface area contributed by atoms with Crippen molar-refractivity contribution in [3.8, 4) is 0 Å². The Morgan fingerprint density at radius 1 is 0.944 bits per heavy atom. The lowest BCUT2D eigenvalue weighted by Gasteiger charge is -2.05. The Labute approximate surface area is 109 Å². The van der Waals surface area contributed by atoms with E-state index in [1.807, 2.05) is 12.4 Å². The van der Waals surface area contributed by atoms with Crippen molar-refractivity contribution in [3.05, 3.63) is 65.5 Å². The molecule has 0 spiro atoms. The molecule has 0 saturated carbocycles. The van der Waals surface area contributed by atoms with Crippen molar-refractivity contribution in [1.82, 2.24) is 10.3 Å². The fourth-order valence-electron chi connectivity index (χ4n) is 2.01. The lowest BCUT2D eigenvalue weighted by atomic mass is 10.1. The van der Waals surface area contributed by atoms with Crippen LogP contribution in [0.15, 0.2) is 48.8 Å². The van der Waals surface area contributed by atoms with E-state index >= 15 is 0 Å². The molecule has 2 aromatic rings. The molecule has 2 heteroatoms. The number of benzene rings is 1. The number of hydrogen-bond donors (Lipinski definition) is 1. The molecule has 1 aromatic carbocycles. The maximum absolute atomic E-state index is 4.02. The summed E-state index contributed by atoms with van der Waals surface area (Å²) in [5.41, 5.74) is 4.09. The molecule has 0 fully saturated rings. The average Bonchev–Trinajstić information content (AvgIpc) is 2.40. The minimum absolute atomic E-state index is 1.02. The quantitative estimate of drug-likeness (QED) is 0.785. The molecule has 94 valence electrons. The summed E-state index contributed by atoms with van der Waals surface area (Å²) in [6.45, 7) is 4.20. The van der Waals surface area contributed by atoms with Crippen LogP contribution < -0.4 is 5.32 Å². The van der Waals surface area contributed by atoms with Gasteiger partial charge in [0.25, 0.3) is 0 Å². The number of aromatic nitrogens is 1. The third-order valence-corrected chi connectivity index (χ3v) is 3.01. The van der Waals surface area contributed by atoms with Crippen molar-refractivity contribution in [3.63, 3.8) is 0 Å². The standard InChI is InChI=1S/C16H20N2/c1-14-3-2-4-16(13-14)8-12-18-11-7-15-5-9-17-10-6-15/h2-6,9-10,13,18H,7-8,11-12H2,1H3. The SMILES string of the molecule is Cc1cccc(CCNCCc2ccncc2)c1. The number of nitrogens with zero attached hydrogens (tertiary/aromatic N) is 1. The molecule has 0 aliphatic rings. The molecule has 2 nitrogen and oxygen atoms in total. The molecule has 2 rings (SSSR count). The number of rotatable bonds is 6. The molecule has 0 aliphatic heterocycles. The highest BCUT2D eigenvalue weighted by Gasteiger charge is 1.94. The summed E-state index contributed by atoms with van der Waals surface area (Å²) >= 11 is 0. The Hall–Kier alpha value is -1.67. The zero-order chi connectivity index (χ0) is 12.6. The minimum Gasteiger partial charge on any atom is -0.316 e. The van der Waals surface area contributed by atoms with E-state index in [4.69, 9.17) is 0 Å². The first-order chi connectivity index (χ1) is 8.84. The van der Waals surface area contributed by atoms with Crippen molar-refractivity contribution in [2.75, 3.05) is 13.1 Å². The van der Waals surface area contributed by atoms with Crippen LogP contribution >= 0.6 is 0 Å². The van der Waals surface area contributed by atoms with Crippen LogP contribution in [0.5, 0.6) is 0 Å². The molecular formula is C16H20N2. The molecule has 0 unspecified atom stereocenters. The highest BCUT2D eigenvalue weighted by molar-refractivity contribution is 5.22. The maximum Gasteiger partial charge on any atom is 0.0270 e. The Morgan fingerprint density at radius 3 is 2.39 bits per heavy atom. The molecule has 0 radical (unpaired) electrons. The summed E-state index contributed by atoms with van der Waals surface area (Å²) in [4.78, 5) is 4.02. The smallest absolute Gasteiger partial charge is 0.0270 e. The van der Waals surface area contributed by atoms with Gasteiger partial charge in [0.1, 0.15) is 0 Å². The molecule has 1 N–H and O–H groups in total. The van der Waals surface area contributed by atoms with Gasteiger partial charge in [0.05, 0.1) is 0 Å². The Kier molecular flexibility index (Phi) is 4.91. The summed E-state index contributed by atoms with van der Waals surface area (Å²) in [5.74, 6) is 0. The molecule has 18 heavy (non-hydrogen) atoms. The van der Waals surface area contributed by atoms with Crippen LogP contribution in [0.2, 0.25) is 0 Å². The fourth-order valence-corrected chi connectivity index (χ4v) is 2.01. The first-order valence-corrected chi connectivity index (χ1v) is 6.50. The first-order valence-electron chi connectivity index (χ1n) is 6.50. The van der Waals surface area contributed by atoms with Gasteiger partial charge in [0, 0.05) is 12.4 Å². The predicted octanol–water partition coefficient (Wildman–Crippen LogP) is 2.76. The van der Waals surface area contributed by atoms with Crippen LogP contribution in [0.4, 0.5) is 0 Å². The zero-order valence-electron chi connectivity index (χ0n) is 10.9. The van der Waals surface area contributed by atoms with Crippen molar-refractivity contribution in [2.24, 2.45) is 0 Å². The summed E-state index contributed by atoms with van der Waals surface area (Å²) in [6.07, 6.45) is 5.86. The minimum atomic E-state index is 1.02. The van der Waals surface area contributed by atoms with E-state index in [0.29, 0.717) is 0 Å². The predicted molar refractivity (Wildman–Crippen MR) is 75.7 cm³/mol. The molecule has 0 bridgehead atoms. The van der Waals surface area contributed by atoms with Crippen LogP contribution in [-0.4, -0.2) is 18.1 Å². The second-order valence-corrected chi connectivity index (χ2v) is 4.59. The van der Waals surface area contributed by atoms with Crippen LogP contribution in [0.25, 0.3) is 0 Å². The zero-order valence-corrected chi connectivity index (χ0v) is 10.9. The van der Waals surface area contributed by atoms with E-state index in [9.17, 15) is 0 Å². The van der Waals surface area contributed by atoms with E-state index in [0.717, 1.165) is 25.9 Å². The molecular weight excluding hydrogens is 220 g/mol. The first kappa shape index (κ1) is 12.8. The lowest BCUT2D eigenvalue weighted by molar-refractivity contribution is 0.681. The van der Waals surface area contributed by atoms with Gasteiger partial charge in [-0.15, -0.1) is 0 Å². The molecule has 0 atom stereocenters. The van der Waals surface area contributed by atoms with Crippen LogP contribution in [-0.2, 0) is 12.8 Å². The second-order valence-electron chi connectivity index (χ2n) is 4.59. The summed E-state index contributed by atoms with van der Waals surface area (Å²) in [6, 6.07) is 12.9. The molecule has 0 aliphatic carbocycles. The Balaban J connectivity index is 1.65. The topological polar surface area (TPSA) is 24.9 Å². The summed E-state index contributed by atoms with van der Waals surface area (Å²) < 4.78 is 0. The number of aryl methyl sites for hydroxylation is 1. The van der Waals surface area contributed by atoms with Crippen LogP contribution in [0, 0.1) is 6.92 Å². The summed E-state index contributed by atoms with van der Waals surface area (Å²) in [7, 11) is 0. The molecule has 0 amide bonds. The Bertz CT molecular complexity index is 466. The van der Waals surface area contributed by atoms with Gasteiger partial charge in [-0.25, -0.2) is 0 Å². The van der Waals surface area contributed by atoms with Crippen LogP contribution in [0.1, 0.15) is 16.7 Å². The van der Waals surface area contributed by atoms with Gasteiger partial charge in [0.15, 0.2) is 0 Å². The monoisotopic (exact) mass is 240 g/mol. The van der Waals surface area contributed by atoms with Gasteiger partial charge in [0.2, 0.25) is 0 Å². The largest absolute Gasteiger partial charge is 0.316 e. The van der Waals surface area contributed by atoms with Crippen molar-refractivity contribution >= 4 is 0 Å². The van der Waals surface area contributed by atoms with Gasteiger partial charge >= 0.3 is 0 Å². The highest BCUT2D eigenvalue weighted by atomic mass is 14.8. The third kappa shape index (κ3) is 4.30. The van der Waals surface area contributed by atoms with Crippen molar-refractivity contribution in [2.45, 2.75) is 19.8 Å². The number of hydrogen-bond acceptors (Lipinski definition) is 2. The fraction of sp³-hybridized carbons (Fsp3) is 0.312. The number of nitrogens with one attached hydrogen (secondary N) is 1. The molecule has 1 aromatic heterocycles. The van der Waals surface area contributed by atoms with E-state index in [2.05, 4.69) is 53.6 Å². The third-order valence-electron chi connectivity index (χ3n) is 3.01. The maximum atomic E-state index is 4.02. The number of pyridine rings is 1. The van der Waals surface area contributed by atoms with Gasteiger partial charge in [-0.3, -0.25) is 4.98 Å².